The highest BCUT2D eigenvalue weighted by Gasteiger charge is 2.20. The van der Waals surface area contributed by atoms with Crippen molar-refractivity contribution in [2.24, 2.45) is 0 Å². The Labute approximate surface area is 93.4 Å². The van der Waals surface area contributed by atoms with E-state index in [-0.39, 0.29) is 5.92 Å². The first kappa shape index (κ1) is 12.3. The highest BCUT2D eigenvalue weighted by Crippen LogP contribution is 2.20. The fraction of sp³-hybridized carbons (Fsp3) is 0.455. The molecule has 0 spiro atoms. The van der Waals surface area contributed by atoms with Crippen LogP contribution in [-0.4, -0.2) is 23.0 Å². The van der Waals surface area contributed by atoms with E-state index in [1.54, 1.807) is 6.07 Å². The third-order valence-electron chi connectivity index (χ3n) is 2.18. The lowest BCUT2D eigenvalue weighted by Crippen LogP contribution is -2.38. The first-order valence-corrected chi connectivity index (χ1v) is 5.04. The van der Waals surface area contributed by atoms with E-state index in [0.29, 0.717) is 11.3 Å². The van der Waals surface area contributed by atoms with Crippen molar-refractivity contribution in [3.63, 3.8) is 0 Å². The monoisotopic (exact) mass is 225 g/mol. The smallest absolute Gasteiger partial charge is 0.325 e. The average molecular weight is 225 g/mol. The van der Waals surface area contributed by atoms with Crippen LogP contribution in [0.4, 0.5) is 0 Å². The van der Waals surface area contributed by atoms with Gasteiger partial charge in [-0.3, -0.25) is 9.59 Å². The van der Waals surface area contributed by atoms with Crippen LogP contribution in [-0.2, 0) is 4.79 Å². The van der Waals surface area contributed by atoms with E-state index in [1.165, 1.54) is 13.2 Å². The molecule has 1 atom stereocenters. The summed E-state index contributed by atoms with van der Waals surface area (Å²) >= 11 is 0. The summed E-state index contributed by atoms with van der Waals surface area (Å²) in [4.78, 5) is 22.3. The second-order valence-electron chi connectivity index (χ2n) is 3.89. The number of rotatable bonds is 4. The number of nitrogens with one attached hydrogen (secondary N) is 1. The Bertz CT molecular complexity index is 394. The molecule has 0 radical (unpaired) electrons. The highest BCUT2D eigenvalue weighted by molar-refractivity contribution is 5.97. The minimum absolute atomic E-state index is 0.0795. The molecule has 0 aliphatic heterocycles. The standard InChI is InChI=1S/C11H15NO4/c1-6(2)9-8(4-5-16-9)10(13)12-7(3)11(14)15/h4-7H,1-3H3,(H,12,13)(H,14,15). The molecular weight excluding hydrogens is 210 g/mol. The van der Waals surface area contributed by atoms with Gasteiger partial charge in [0, 0.05) is 5.92 Å². The average Bonchev–Trinajstić information content (AvgIpc) is 2.65. The molecule has 0 saturated carbocycles. The molecule has 1 unspecified atom stereocenters. The van der Waals surface area contributed by atoms with Crippen LogP contribution < -0.4 is 5.32 Å². The van der Waals surface area contributed by atoms with Crippen molar-refractivity contribution in [1.29, 1.82) is 0 Å². The molecule has 1 amide bonds. The van der Waals surface area contributed by atoms with Gasteiger partial charge in [0.1, 0.15) is 11.8 Å². The van der Waals surface area contributed by atoms with Crippen molar-refractivity contribution in [2.75, 3.05) is 0 Å². The van der Waals surface area contributed by atoms with Crippen molar-refractivity contribution in [3.8, 4) is 0 Å². The predicted molar refractivity (Wildman–Crippen MR) is 57.4 cm³/mol. The van der Waals surface area contributed by atoms with Gasteiger partial charge in [-0.25, -0.2) is 0 Å². The lowest BCUT2D eigenvalue weighted by atomic mass is 10.1. The van der Waals surface area contributed by atoms with Gasteiger partial charge in [0.05, 0.1) is 11.8 Å². The van der Waals surface area contributed by atoms with Crippen LogP contribution in [0.3, 0.4) is 0 Å². The minimum Gasteiger partial charge on any atom is -0.480 e. The molecule has 5 nitrogen and oxygen atoms in total. The van der Waals surface area contributed by atoms with E-state index in [0.717, 1.165) is 0 Å². The van der Waals surface area contributed by atoms with Gasteiger partial charge in [0.2, 0.25) is 0 Å². The van der Waals surface area contributed by atoms with Gasteiger partial charge >= 0.3 is 5.97 Å². The van der Waals surface area contributed by atoms with Crippen LogP contribution in [0.1, 0.15) is 42.8 Å². The van der Waals surface area contributed by atoms with Gasteiger partial charge in [-0.15, -0.1) is 0 Å². The van der Waals surface area contributed by atoms with E-state index >= 15 is 0 Å². The molecule has 0 saturated heterocycles. The first-order valence-electron chi connectivity index (χ1n) is 5.04. The van der Waals surface area contributed by atoms with Gasteiger partial charge in [-0.05, 0) is 13.0 Å². The zero-order valence-electron chi connectivity index (χ0n) is 9.48. The fourth-order valence-corrected chi connectivity index (χ4v) is 1.29. The van der Waals surface area contributed by atoms with Crippen LogP contribution in [0.15, 0.2) is 16.7 Å². The maximum Gasteiger partial charge on any atom is 0.325 e. The maximum atomic E-state index is 11.7. The largest absolute Gasteiger partial charge is 0.480 e. The van der Waals surface area contributed by atoms with E-state index < -0.39 is 17.9 Å². The molecule has 88 valence electrons. The van der Waals surface area contributed by atoms with E-state index in [4.69, 9.17) is 9.52 Å². The van der Waals surface area contributed by atoms with Gasteiger partial charge in [0.15, 0.2) is 0 Å². The fourth-order valence-electron chi connectivity index (χ4n) is 1.29. The molecule has 1 aromatic heterocycles. The minimum atomic E-state index is -1.07. The Morgan fingerprint density at radius 2 is 2.00 bits per heavy atom. The maximum absolute atomic E-state index is 11.7. The van der Waals surface area contributed by atoms with Crippen LogP contribution in [0.5, 0.6) is 0 Å². The van der Waals surface area contributed by atoms with Gasteiger partial charge in [-0.2, -0.15) is 0 Å². The highest BCUT2D eigenvalue weighted by atomic mass is 16.4. The quantitative estimate of drug-likeness (QED) is 0.815. The summed E-state index contributed by atoms with van der Waals surface area (Å²) in [6.45, 7) is 5.21. The van der Waals surface area contributed by atoms with Crippen molar-refractivity contribution < 1.29 is 19.1 Å². The molecular formula is C11H15NO4. The third-order valence-corrected chi connectivity index (χ3v) is 2.18. The molecule has 16 heavy (non-hydrogen) atoms. The zero-order chi connectivity index (χ0) is 12.3. The van der Waals surface area contributed by atoms with Crippen molar-refractivity contribution in [1.82, 2.24) is 5.32 Å². The molecule has 0 fully saturated rings. The molecule has 1 aromatic rings. The molecule has 2 N–H and O–H groups in total. The molecule has 0 aliphatic rings. The van der Waals surface area contributed by atoms with Crippen molar-refractivity contribution in [3.05, 3.63) is 23.7 Å². The molecule has 0 aromatic carbocycles. The molecule has 1 rings (SSSR count). The number of hydrogen-bond acceptors (Lipinski definition) is 3. The summed E-state index contributed by atoms with van der Waals surface area (Å²) in [5, 5.41) is 11.0. The molecule has 0 aliphatic carbocycles. The summed E-state index contributed by atoms with van der Waals surface area (Å²) in [5.41, 5.74) is 0.392. The summed E-state index contributed by atoms with van der Waals surface area (Å²) in [6.07, 6.45) is 1.43. The normalized spacial score (nSPS) is 12.5. The van der Waals surface area contributed by atoms with E-state index in [9.17, 15) is 9.59 Å². The van der Waals surface area contributed by atoms with Crippen LogP contribution in [0.2, 0.25) is 0 Å². The van der Waals surface area contributed by atoms with Gasteiger partial charge in [0.25, 0.3) is 5.91 Å². The number of carboxylic acids is 1. The van der Waals surface area contributed by atoms with Gasteiger partial charge in [-0.1, -0.05) is 13.8 Å². The van der Waals surface area contributed by atoms with E-state index in [1.807, 2.05) is 13.8 Å². The molecule has 1 heterocycles. The van der Waals surface area contributed by atoms with Crippen LogP contribution >= 0.6 is 0 Å². The van der Waals surface area contributed by atoms with E-state index in [2.05, 4.69) is 5.32 Å². The lowest BCUT2D eigenvalue weighted by molar-refractivity contribution is -0.138. The van der Waals surface area contributed by atoms with Crippen molar-refractivity contribution in [2.45, 2.75) is 32.7 Å². The molecule has 5 heteroatoms. The van der Waals surface area contributed by atoms with Gasteiger partial charge < -0.3 is 14.8 Å². The van der Waals surface area contributed by atoms with Crippen molar-refractivity contribution >= 4 is 11.9 Å². The third kappa shape index (κ3) is 2.62. The molecule has 0 bridgehead atoms. The lowest BCUT2D eigenvalue weighted by Gasteiger charge is -2.10. The summed E-state index contributed by atoms with van der Waals surface area (Å²) in [6, 6.07) is 0.626. The number of hydrogen-bond donors (Lipinski definition) is 2. The Kier molecular flexibility index (Phi) is 3.71. The summed E-state index contributed by atoms with van der Waals surface area (Å²) in [5.74, 6) is -0.846. The zero-order valence-corrected chi connectivity index (χ0v) is 9.48. The Morgan fingerprint density at radius 1 is 1.38 bits per heavy atom. The SMILES string of the molecule is CC(NC(=O)c1ccoc1C(C)C)C(=O)O. The Morgan fingerprint density at radius 3 is 2.50 bits per heavy atom. The first-order chi connectivity index (χ1) is 7.43. The number of carbonyl (C=O) groups is 2. The topological polar surface area (TPSA) is 79.5 Å². The summed E-state index contributed by atoms with van der Waals surface area (Å²) < 4.78 is 5.18. The number of aliphatic carboxylic acids is 1. The second-order valence-corrected chi connectivity index (χ2v) is 3.89. The Hall–Kier alpha value is -1.78. The number of carboxylic acid groups (broad SMARTS) is 1. The van der Waals surface area contributed by atoms with Crippen LogP contribution in [0.25, 0.3) is 0 Å². The second kappa shape index (κ2) is 4.83. The van der Waals surface area contributed by atoms with Crippen LogP contribution in [0, 0.1) is 0 Å². The predicted octanol–water partition coefficient (Wildman–Crippen LogP) is 1.61. The summed E-state index contributed by atoms with van der Waals surface area (Å²) in [7, 11) is 0. The number of amides is 1. The number of furan rings is 1. The Balaban J connectivity index is 2.81. The number of carbonyl (C=O) groups excluding carboxylic acids is 1.